The van der Waals surface area contributed by atoms with E-state index in [9.17, 15) is 4.79 Å². The number of hydrogen-bond donors (Lipinski definition) is 0. The van der Waals surface area contributed by atoms with Crippen LogP contribution >= 0.6 is 23.2 Å². The summed E-state index contributed by atoms with van der Waals surface area (Å²) in [4.78, 5) is 12.7. The summed E-state index contributed by atoms with van der Waals surface area (Å²) in [5.41, 5.74) is 3.12. The van der Waals surface area contributed by atoms with E-state index in [-0.39, 0.29) is 5.78 Å². The van der Waals surface area contributed by atoms with Gasteiger partial charge in [0, 0.05) is 15.6 Å². The van der Waals surface area contributed by atoms with Crippen molar-refractivity contribution in [1.29, 1.82) is 0 Å². The topological polar surface area (TPSA) is 26.3 Å². The molecule has 0 heterocycles. The lowest BCUT2D eigenvalue weighted by molar-refractivity contribution is -0.138. The molecule has 0 aliphatic carbocycles. The fraction of sp³-hybridized carbons (Fsp3) is 0.292. The van der Waals surface area contributed by atoms with Crippen LogP contribution in [0.25, 0.3) is 21.9 Å². The minimum Gasteiger partial charge on any atom is -0.360 e. The van der Waals surface area contributed by atoms with E-state index in [1.54, 1.807) is 13.0 Å². The van der Waals surface area contributed by atoms with Crippen molar-refractivity contribution in [1.82, 2.24) is 0 Å². The molecule has 3 aromatic carbocycles. The van der Waals surface area contributed by atoms with Gasteiger partial charge < -0.3 is 4.74 Å². The maximum absolute atomic E-state index is 12.7. The van der Waals surface area contributed by atoms with Crippen LogP contribution in [0.4, 0.5) is 0 Å². The molecular formula is C24H24Cl2O2. The number of halogens is 2. The van der Waals surface area contributed by atoms with Crippen molar-refractivity contribution in [3.8, 4) is 11.1 Å². The Hall–Kier alpha value is -1.87. The SMILES string of the molecule is CC(=O)[C@@H](OC(C)(C)C)c1c(C)cc2ccccc2c1-c1ccc(Cl)cc1Cl. The van der Waals surface area contributed by atoms with E-state index in [0.717, 1.165) is 33.0 Å². The zero-order chi connectivity index (χ0) is 20.6. The van der Waals surface area contributed by atoms with Gasteiger partial charge in [0.05, 0.1) is 5.60 Å². The largest absolute Gasteiger partial charge is 0.360 e. The highest BCUT2D eigenvalue weighted by Gasteiger charge is 2.29. The van der Waals surface area contributed by atoms with Crippen molar-refractivity contribution in [2.75, 3.05) is 0 Å². The standard InChI is InChI=1S/C24H24Cl2O2/c1-14-12-16-8-6-7-9-18(16)22(19-11-10-17(25)13-20(19)26)21(14)23(15(2)27)28-24(3,4)5/h6-13,23H,1-5H3/t23-/m1/s1. The van der Waals surface area contributed by atoms with Crippen molar-refractivity contribution < 1.29 is 9.53 Å². The monoisotopic (exact) mass is 414 g/mol. The predicted molar refractivity (Wildman–Crippen MR) is 118 cm³/mol. The van der Waals surface area contributed by atoms with Crippen LogP contribution in [0.2, 0.25) is 10.0 Å². The predicted octanol–water partition coefficient (Wildman–Crippen LogP) is 7.57. The summed E-state index contributed by atoms with van der Waals surface area (Å²) in [5, 5.41) is 3.22. The first kappa shape index (κ1) is 20.9. The van der Waals surface area contributed by atoms with Crippen molar-refractivity contribution in [3.05, 3.63) is 69.7 Å². The van der Waals surface area contributed by atoms with E-state index in [2.05, 4.69) is 12.1 Å². The molecule has 0 aromatic heterocycles. The summed E-state index contributed by atoms with van der Waals surface area (Å²) in [6.07, 6.45) is -0.689. The highest BCUT2D eigenvalue weighted by Crippen LogP contribution is 2.43. The van der Waals surface area contributed by atoms with Gasteiger partial charge in [-0.05, 0) is 74.2 Å². The quantitative estimate of drug-likeness (QED) is 0.439. The van der Waals surface area contributed by atoms with Gasteiger partial charge in [-0.2, -0.15) is 0 Å². The normalized spacial score (nSPS) is 13.0. The number of carbonyl (C=O) groups excluding carboxylic acids is 1. The molecule has 3 aromatic rings. The van der Waals surface area contributed by atoms with Crippen molar-refractivity contribution >= 4 is 39.8 Å². The fourth-order valence-corrected chi connectivity index (χ4v) is 4.03. The molecule has 0 saturated carbocycles. The first-order chi connectivity index (χ1) is 13.1. The maximum Gasteiger partial charge on any atom is 0.163 e. The van der Waals surface area contributed by atoms with E-state index in [1.807, 2.05) is 58.0 Å². The first-order valence-corrected chi connectivity index (χ1v) is 10.00. The Morgan fingerprint density at radius 2 is 1.71 bits per heavy atom. The van der Waals surface area contributed by atoms with Crippen LogP contribution in [-0.2, 0) is 9.53 Å². The Labute approximate surface area is 176 Å². The lowest BCUT2D eigenvalue weighted by atomic mass is 9.86. The molecule has 0 bridgehead atoms. The van der Waals surface area contributed by atoms with Crippen LogP contribution in [0.5, 0.6) is 0 Å². The van der Waals surface area contributed by atoms with Crippen LogP contribution < -0.4 is 0 Å². The van der Waals surface area contributed by atoms with Gasteiger partial charge in [-0.15, -0.1) is 0 Å². The van der Waals surface area contributed by atoms with Crippen molar-refractivity contribution in [2.45, 2.75) is 46.3 Å². The molecule has 146 valence electrons. The summed E-state index contributed by atoms with van der Waals surface area (Å²) in [6.45, 7) is 9.44. The van der Waals surface area contributed by atoms with Gasteiger partial charge in [0.2, 0.25) is 0 Å². The number of Topliss-reactive ketones (excluding diaryl/α,β-unsaturated/α-hetero) is 1. The highest BCUT2D eigenvalue weighted by molar-refractivity contribution is 6.36. The molecule has 0 aliphatic heterocycles. The summed E-state index contributed by atoms with van der Waals surface area (Å²) in [7, 11) is 0. The molecule has 0 unspecified atom stereocenters. The smallest absolute Gasteiger partial charge is 0.163 e. The van der Waals surface area contributed by atoms with Crippen LogP contribution in [0.3, 0.4) is 0 Å². The van der Waals surface area contributed by atoms with E-state index in [1.165, 1.54) is 0 Å². The van der Waals surface area contributed by atoms with Gasteiger partial charge in [-0.1, -0.05) is 59.6 Å². The fourth-order valence-electron chi connectivity index (χ4n) is 3.52. The van der Waals surface area contributed by atoms with Crippen LogP contribution in [0.15, 0.2) is 48.5 Å². The lowest BCUT2D eigenvalue weighted by Gasteiger charge is -2.29. The number of ketones is 1. The minimum absolute atomic E-state index is 0.0420. The number of fused-ring (bicyclic) bond motifs is 1. The third-order valence-electron chi connectivity index (χ3n) is 4.60. The van der Waals surface area contributed by atoms with Crippen LogP contribution in [-0.4, -0.2) is 11.4 Å². The molecule has 0 N–H and O–H groups in total. The van der Waals surface area contributed by atoms with Gasteiger partial charge in [0.15, 0.2) is 5.78 Å². The molecular weight excluding hydrogens is 391 g/mol. The second-order valence-electron chi connectivity index (χ2n) is 8.05. The highest BCUT2D eigenvalue weighted by atomic mass is 35.5. The van der Waals surface area contributed by atoms with Gasteiger partial charge in [0.1, 0.15) is 6.10 Å². The summed E-state index contributed by atoms with van der Waals surface area (Å²) in [5.74, 6) is -0.0420. The van der Waals surface area contributed by atoms with E-state index < -0.39 is 11.7 Å². The number of ether oxygens (including phenoxy) is 1. The molecule has 2 nitrogen and oxygen atoms in total. The molecule has 0 radical (unpaired) electrons. The molecule has 0 spiro atoms. The molecule has 0 saturated heterocycles. The Morgan fingerprint density at radius 3 is 2.32 bits per heavy atom. The minimum atomic E-state index is -0.689. The van der Waals surface area contributed by atoms with Gasteiger partial charge >= 0.3 is 0 Å². The zero-order valence-electron chi connectivity index (χ0n) is 16.8. The average Bonchev–Trinajstić information content (AvgIpc) is 2.58. The summed E-state index contributed by atoms with van der Waals surface area (Å²) < 4.78 is 6.22. The van der Waals surface area contributed by atoms with Crippen molar-refractivity contribution in [3.63, 3.8) is 0 Å². The Bertz CT molecular complexity index is 1050. The van der Waals surface area contributed by atoms with Gasteiger partial charge in [0.25, 0.3) is 0 Å². The van der Waals surface area contributed by atoms with Gasteiger partial charge in [-0.3, -0.25) is 4.79 Å². The zero-order valence-corrected chi connectivity index (χ0v) is 18.3. The number of benzene rings is 3. The van der Waals surface area contributed by atoms with E-state index in [0.29, 0.717) is 10.0 Å². The number of carbonyl (C=O) groups is 1. The lowest BCUT2D eigenvalue weighted by Crippen LogP contribution is -2.27. The van der Waals surface area contributed by atoms with Crippen LogP contribution in [0, 0.1) is 6.92 Å². The van der Waals surface area contributed by atoms with E-state index >= 15 is 0 Å². The molecule has 28 heavy (non-hydrogen) atoms. The first-order valence-electron chi connectivity index (χ1n) is 9.24. The van der Waals surface area contributed by atoms with Gasteiger partial charge in [-0.25, -0.2) is 0 Å². The van der Waals surface area contributed by atoms with Crippen LogP contribution in [0.1, 0.15) is 44.9 Å². The number of aryl methyl sites for hydroxylation is 1. The van der Waals surface area contributed by atoms with E-state index in [4.69, 9.17) is 27.9 Å². The third-order valence-corrected chi connectivity index (χ3v) is 5.15. The molecule has 0 amide bonds. The summed E-state index contributed by atoms with van der Waals surface area (Å²) >= 11 is 12.7. The third kappa shape index (κ3) is 4.25. The van der Waals surface area contributed by atoms with Crippen molar-refractivity contribution in [2.24, 2.45) is 0 Å². The molecule has 0 aliphatic rings. The molecule has 1 atom stereocenters. The maximum atomic E-state index is 12.7. The average molecular weight is 415 g/mol. The second-order valence-corrected chi connectivity index (χ2v) is 8.89. The second kappa shape index (κ2) is 7.87. The number of hydrogen-bond acceptors (Lipinski definition) is 2. The molecule has 0 fully saturated rings. The summed E-state index contributed by atoms with van der Waals surface area (Å²) in [6, 6.07) is 15.7. The molecule has 3 rings (SSSR count). The Morgan fingerprint density at radius 1 is 1.04 bits per heavy atom. The Kier molecular flexibility index (Phi) is 5.86. The Balaban J connectivity index is 2.42. The molecule has 4 heteroatoms. The number of rotatable bonds is 4.